The maximum Gasteiger partial charge on any atom is 0.387 e. The summed E-state index contributed by atoms with van der Waals surface area (Å²) >= 11 is 0. The normalized spacial score (nSPS) is 19.3. The lowest BCUT2D eigenvalue weighted by Gasteiger charge is -2.28. The molecule has 1 heterocycles. The highest BCUT2D eigenvalue weighted by atomic mass is 19.3. The predicted octanol–water partition coefficient (Wildman–Crippen LogP) is 2.49. The molecule has 1 fully saturated rings. The van der Waals surface area contributed by atoms with E-state index in [0.29, 0.717) is 13.1 Å². The molecular weight excluding hydrogens is 372 g/mol. The van der Waals surface area contributed by atoms with Crippen molar-refractivity contribution in [3.8, 4) is 5.75 Å². The van der Waals surface area contributed by atoms with Gasteiger partial charge in [0.15, 0.2) is 0 Å². The Morgan fingerprint density at radius 1 is 1.32 bits per heavy atom. The highest BCUT2D eigenvalue weighted by molar-refractivity contribution is 5.95. The lowest BCUT2D eigenvalue weighted by molar-refractivity contribution is -0.138. The Bertz CT molecular complexity index is 674. The number of amides is 1. The predicted molar refractivity (Wildman–Crippen MR) is 101 cm³/mol. The van der Waals surface area contributed by atoms with Crippen molar-refractivity contribution in [2.75, 3.05) is 32.0 Å². The standard InChI is InChI=1S/C19H27F2N3O4/c1-13(18(27)22-15-7-3-4-8-16(15)28-19(20)21)24-10-5-6-14(9-11-24)23(2)12-17(25)26/h3-4,7-8,13-14,19H,5-6,9-12H2,1-2H3,(H,22,27)(H,25,26). The largest absolute Gasteiger partial charge is 0.480 e. The maximum absolute atomic E-state index is 12.6. The molecule has 0 bridgehead atoms. The van der Waals surface area contributed by atoms with Crippen LogP contribution in [-0.4, -0.2) is 72.2 Å². The smallest absolute Gasteiger partial charge is 0.387 e. The summed E-state index contributed by atoms with van der Waals surface area (Å²) in [5.41, 5.74) is 0.202. The molecule has 1 aliphatic rings. The van der Waals surface area contributed by atoms with Crippen molar-refractivity contribution in [3.05, 3.63) is 24.3 Å². The number of benzene rings is 1. The molecule has 156 valence electrons. The van der Waals surface area contributed by atoms with E-state index in [4.69, 9.17) is 5.11 Å². The molecule has 1 aliphatic heterocycles. The first-order valence-corrected chi connectivity index (χ1v) is 9.28. The molecule has 0 radical (unpaired) electrons. The summed E-state index contributed by atoms with van der Waals surface area (Å²) in [5, 5.41) is 11.6. The molecule has 0 aliphatic carbocycles. The number of aliphatic carboxylic acids is 1. The number of nitrogens with one attached hydrogen (secondary N) is 1. The molecule has 28 heavy (non-hydrogen) atoms. The topological polar surface area (TPSA) is 82.1 Å². The quantitative estimate of drug-likeness (QED) is 0.699. The zero-order valence-electron chi connectivity index (χ0n) is 16.1. The van der Waals surface area contributed by atoms with Gasteiger partial charge in [0.25, 0.3) is 0 Å². The van der Waals surface area contributed by atoms with Crippen LogP contribution in [0.15, 0.2) is 24.3 Å². The maximum atomic E-state index is 12.6. The third-order valence-electron chi connectivity index (χ3n) is 5.03. The lowest BCUT2D eigenvalue weighted by atomic mass is 10.1. The lowest BCUT2D eigenvalue weighted by Crippen LogP contribution is -2.43. The van der Waals surface area contributed by atoms with Gasteiger partial charge in [-0.2, -0.15) is 8.78 Å². The Hall–Kier alpha value is -2.26. The van der Waals surface area contributed by atoms with Gasteiger partial charge in [0.05, 0.1) is 18.3 Å². The van der Waals surface area contributed by atoms with Crippen LogP contribution in [0.2, 0.25) is 0 Å². The molecule has 9 heteroatoms. The van der Waals surface area contributed by atoms with Crippen molar-refractivity contribution in [2.24, 2.45) is 0 Å². The summed E-state index contributed by atoms with van der Waals surface area (Å²) in [5.74, 6) is -1.24. The van der Waals surface area contributed by atoms with E-state index in [2.05, 4.69) is 10.1 Å². The second kappa shape index (κ2) is 10.3. The van der Waals surface area contributed by atoms with Crippen molar-refractivity contribution in [1.29, 1.82) is 0 Å². The van der Waals surface area contributed by atoms with Crippen LogP contribution >= 0.6 is 0 Å². The molecule has 1 aromatic carbocycles. The molecule has 1 aromatic rings. The number of hydrogen-bond donors (Lipinski definition) is 2. The Kier molecular flexibility index (Phi) is 8.13. The molecule has 7 nitrogen and oxygen atoms in total. The van der Waals surface area contributed by atoms with Crippen LogP contribution in [0.25, 0.3) is 0 Å². The number of nitrogens with zero attached hydrogens (tertiary/aromatic N) is 2. The van der Waals surface area contributed by atoms with Crippen molar-refractivity contribution in [3.63, 3.8) is 0 Å². The summed E-state index contributed by atoms with van der Waals surface area (Å²) in [6.45, 7) is 0.148. The highest BCUT2D eigenvalue weighted by Gasteiger charge is 2.27. The van der Waals surface area contributed by atoms with E-state index < -0.39 is 18.6 Å². The molecular formula is C19H27F2N3O4. The van der Waals surface area contributed by atoms with Crippen molar-refractivity contribution in [1.82, 2.24) is 9.80 Å². The molecule has 1 saturated heterocycles. The number of ether oxygens (including phenoxy) is 1. The number of likely N-dealkylation sites (N-methyl/N-ethyl adjacent to an activating group) is 1. The average molecular weight is 399 g/mol. The molecule has 0 spiro atoms. The number of halogens is 2. The zero-order chi connectivity index (χ0) is 20.7. The van der Waals surface area contributed by atoms with Gasteiger partial charge in [0, 0.05) is 12.6 Å². The summed E-state index contributed by atoms with van der Waals surface area (Å²) < 4.78 is 29.5. The number of carbonyl (C=O) groups is 2. The van der Waals surface area contributed by atoms with E-state index in [0.717, 1.165) is 19.3 Å². The van der Waals surface area contributed by atoms with E-state index in [1.165, 1.54) is 12.1 Å². The van der Waals surface area contributed by atoms with Crippen molar-refractivity contribution < 1.29 is 28.2 Å². The van der Waals surface area contributed by atoms with E-state index in [1.807, 2.05) is 9.80 Å². The fraction of sp³-hybridized carbons (Fsp3) is 0.579. The average Bonchev–Trinajstić information content (AvgIpc) is 2.88. The third kappa shape index (κ3) is 6.42. The third-order valence-corrected chi connectivity index (χ3v) is 5.03. The Labute approximate surface area is 163 Å². The molecule has 0 aromatic heterocycles. The van der Waals surface area contributed by atoms with E-state index in [1.54, 1.807) is 26.1 Å². The minimum atomic E-state index is -2.97. The first-order valence-electron chi connectivity index (χ1n) is 9.28. The highest BCUT2D eigenvalue weighted by Crippen LogP contribution is 2.26. The molecule has 2 atom stereocenters. The zero-order valence-corrected chi connectivity index (χ0v) is 16.1. The number of carbonyl (C=O) groups excluding carboxylic acids is 1. The number of rotatable bonds is 8. The molecule has 2 unspecified atom stereocenters. The van der Waals surface area contributed by atoms with Gasteiger partial charge in [-0.05, 0) is 51.9 Å². The van der Waals surface area contributed by atoms with Crippen LogP contribution in [-0.2, 0) is 9.59 Å². The Morgan fingerprint density at radius 3 is 2.71 bits per heavy atom. The second-order valence-corrected chi connectivity index (χ2v) is 6.97. The number of anilines is 1. The Balaban J connectivity index is 1.95. The van der Waals surface area contributed by atoms with Gasteiger partial charge in [-0.15, -0.1) is 0 Å². The van der Waals surface area contributed by atoms with E-state index >= 15 is 0 Å². The molecule has 1 amide bonds. The second-order valence-electron chi connectivity index (χ2n) is 6.97. The number of carboxylic acids is 1. The van der Waals surface area contributed by atoms with Gasteiger partial charge in [-0.25, -0.2) is 0 Å². The number of likely N-dealkylation sites (tertiary alicyclic amines) is 1. The summed E-state index contributed by atoms with van der Waals surface area (Å²) in [7, 11) is 1.80. The van der Waals surface area contributed by atoms with E-state index in [9.17, 15) is 18.4 Å². The van der Waals surface area contributed by atoms with Crippen LogP contribution in [0, 0.1) is 0 Å². The van der Waals surface area contributed by atoms with Gasteiger partial charge < -0.3 is 15.2 Å². The fourth-order valence-electron chi connectivity index (χ4n) is 3.44. The van der Waals surface area contributed by atoms with Crippen LogP contribution in [0.5, 0.6) is 5.75 Å². The summed E-state index contributed by atoms with van der Waals surface area (Å²) in [6.07, 6.45) is 2.46. The van der Waals surface area contributed by atoms with Crippen LogP contribution < -0.4 is 10.1 Å². The molecule has 2 rings (SSSR count). The summed E-state index contributed by atoms with van der Waals surface area (Å²) in [4.78, 5) is 27.4. The van der Waals surface area contributed by atoms with Gasteiger partial charge in [-0.3, -0.25) is 19.4 Å². The molecule has 0 saturated carbocycles. The van der Waals surface area contributed by atoms with Crippen LogP contribution in [0.1, 0.15) is 26.2 Å². The van der Waals surface area contributed by atoms with Gasteiger partial charge in [-0.1, -0.05) is 12.1 Å². The first-order chi connectivity index (χ1) is 13.3. The SMILES string of the molecule is CC(C(=O)Nc1ccccc1OC(F)F)N1CCCC(N(C)CC(=O)O)CC1. The van der Waals surface area contributed by atoms with Crippen molar-refractivity contribution in [2.45, 2.75) is 44.9 Å². The minimum absolute atomic E-state index is 0.0123. The van der Waals surface area contributed by atoms with E-state index in [-0.39, 0.29) is 29.9 Å². The number of alkyl halides is 2. The van der Waals surface area contributed by atoms with Gasteiger partial charge in [0.1, 0.15) is 5.75 Å². The fourth-order valence-corrected chi connectivity index (χ4v) is 3.44. The first kappa shape index (κ1) is 22.0. The van der Waals surface area contributed by atoms with Gasteiger partial charge >= 0.3 is 12.6 Å². The Morgan fingerprint density at radius 2 is 2.04 bits per heavy atom. The summed E-state index contributed by atoms with van der Waals surface area (Å²) in [6, 6.07) is 5.77. The number of hydrogen-bond acceptors (Lipinski definition) is 5. The van der Waals surface area contributed by atoms with Crippen molar-refractivity contribution >= 4 is 17.6 Å². The van der Waals surface area contributed by atoms with Gasteiger partial charge in [0.2, 0.25) is 5.91 Å². The number of para-hydroxylation sites is 2. The van der Waals surface area contributed by atoms with Crippen LogP contribution in [0.3, 0.4) is 0 Å². The number of carboxylic acid groups (broad SMARTS) is 1. The minimum Gasteiger partial charge on any atom is -0.480 e. The van der Waals surface area contributed by atoms with Crippen LogP contribution in [0.4, 0.5) is 14.5 Å². The monoisotopic (exact) mass is 399 g/mol. The molecule has 2 N–H and O–H groups in total.